The third kappa shape index (κ3) is 3.11. The molecule has 7 heteroatoms. The van der Waals surface area contributed by atoms with Crippen LogP contribution >= 0.6 is 34.2 Å². The van der Waals surface area contributed by atoms with Gasteiger partial charge in [-0.3, -0.25) is 9.59 Å². The summed E-state index contributed by atoms with van der Waals surface area (Å²) in [4.78, 5) is 26.0. The van der Waals surface area contributed by atoms with E-state index in [1.807, 2.05) is 12.1 Å². The summed E-state index contributed by atoms with van der Waals surface area (Å²) < 4.78 is 6.09. The van der Waals surface area contributed by atoms with Crippen LogP contribution in [0.4, 0.5) is 11.4 Å². The Balaban J connectivity index is 1.87. The lowest BCUT2D eigenvalue weighted by molar-refractivity contribution is -0.120. The van der Waals surface area contributed by atoms with Crippen molar-refractivity contribution in [3.05, 3.63) is 62.8 Å². The van der Waals surface area contributed by atoms with Gasteiger partial charge in [-0.05, 0) is 71.1 Å². The van der Waals surface area contributed by atoms with Crippen molar-refractivity contribution in [3.63, 3.8) is 0 Å². The molecule has 0 radical (unpaired) electrons. The molecule has 24 heavy (non-hydrogen) atoms. The number of amides is 2. The molecule has 0 atom stereocenters. The van der Waals surface area contributed by atoms with Crippen molar-refractivity contribution in [2.45, 2.75) is 0 Å². The highest BCUT2D eigenvalue weighted by Gasteiger charge is 2.38. The molecule has 1 aliphatic heterocycles. The van der Waals surface area contributed by atoms with E-state index in [1.165, 1.54) is 0 Å². The number of nitrogens with zero attached hydrogens (tertiary/aromatic N) is 1. The SMILES string of the molecule is COc1ccc(NC2=C(Cl)C(=O)N(c3ccc(I)cc3)C2=O)cc1. The fourth-order valence-corrected chi connectivity index (χ4v) is 2.83. The Labute approximate surface area is 157 Å². The van der Waals surface area contributed by atoms with Gasteiger partial charge in [-0.2, -0.15) is 0 Å². The second-order valence-corrected chi connectivity index (χ2v) is 6.59. The van der Waals surface area contributed by atoms with Gasteiger partial charge in [0.25, 0.3) is 11.8 Å². The summed E-state index contributed by atoms with van der Waals surface area (Å²) in [7, 11) is 1.57. The molecular formula is C17H12ClIN2O3. The first-order valence-corrected chi connectivity index (χ1v) is 8.42. The van der Waals surface area contributed by atoms with Gasteiger partial charge >= 0.3 is 0 Å². The van der Waals surface area contributed by atoms with Crippen LogP contribution in [0.15, 0.2) is 59.3 Å². The number of carbonyl (C=O) groups is 2. The zero-order valence-electron chi connectivity index (χ0n) is 12.5. The molecule has 0 spiro atoms. The van der Waals surface area contributed by atoms with Crippen molar-refractivity contribution < 1.29 is 14.3 Å². The standard InChI is InChI=1S/C17H12ClIN2O3/c1-24-13-8-4-11(5-9-13)20-15-14(18)16(22)21(17(15)23)12-6-2-10(19)3-7-12/h2-9,20H,1H3. The van der Waals surface area contributed by atoms with Crippen LogP contribution < -0.4 is 15.0 Å². The average molecular weight is 455 g/mol. The molecule has 2 aromatic rings. The Morgan fingerprint density at radius 3 is 2.21 bits per heavy atom. The molecule has 1 N–H and O–H groups in total. The summed E-state index contributed by atoms with van der Waals surface area (Å²) in [5.41, 5.74) is 1.18. The zero-order valence-corrected chi connectivity index (χ0v) is 15.5. The van der Waals surface area contributed by atoms with Gasteiger partial charge in [0.2, 0.25) is 0 Å². The minimum Gasteiger partial charge on any atom is -0.497 e. The van der Waals surface area contributed by atoms with Gasteiger partial charge in [0.1, 0.15) is 16.5 Å². The molecule has 1 heterocycles. The maximum Gasteiger partial charge on any atom is 0.283 e. The van der Waals surface area contributed by atoms with Crippen LogP contribution in [0.3, 0.4) is 0 Å². The number of rotatable bonds is 4. The predicted octanol–water partition coefficient (Wildman–Crippen LogP) is 3.74. The van der Waals surface area contributed by atoms with Crippen LogP contribution in [0.5, 0.6) is 5.75 Å². The number of methoxy groups -OCH3 is 1. The number of ether oxygens (including phenoxy) is 1. The van der Waals surface area contributed by atoms with Crippen LogP contribution in [-0.2, 0) is 9.59 Å². The van der Waals surface area contributed by atoms with E-state index in [1.54, 1.807) is 43.5 Å². The Morgan fingerprint density at radius 1 is 1.00 bits per heavy atom. The van der Waals surface area contributed by atoms with E-state index in [0.29, 0.717) is 17.1 Å². The quantitative estimate of drug-likeness (QED) is 0.565. The third-order valence-electron chi connectivity index (χ3n) is 3.47. The minimum atomic E-state index is -0.543. The van der Waals surface area contributed by atoms with E-state index in [2.05, 4.69) is 27.9 Å². The molecule has 3 rings (SSSR count). The fraction of sp³-hybridized carbons (Fsp3) is 0.0588. The number of anilines is 2. The minimum absolute atomic E-state index is 0.0605. The number of hydrogen-bond acceptors (Lipinski definition) is 4. The lowest BCUT2D eigenvalue weighted by atomic mass is 10.2. The molecule has 0 saturated carbocycles. The van der Waals surface area contributed by atoms with E-state index in [-0.39, 0.29) is 10.7 Å². The van der Waals surface area contributed by atoms with Crippen LogP contribution in [0.2, 0.25) is 0 Å². The van der Waals surface area contributed by atoms with E-state index in [9.17, 15) is 9.59 Å². The van der Waals surface area contributed by atoms with Crippen molar-refractivity contribution in [2.24, 2.45) is 0 Å². The van der Waals surface area contributed by atoms with Crippen molar-refractivity contribution in [1.82, 2.24) is 0 Å². The molecule has 0 aromatic heterocycles. The average Bonchev–Trinajstić information content (AvgIpc) is 2.80. The highest BCUT2D eigenvalue weighted by molar-refractivity contribution is 14.1. The molecule has 5 nitrogen and oxygen atoms in total. The highest BCUT2D eigenvalue weighted by atomic mass is 127. The summed E-state index contributed by atoms with van der Waals surface area (Å²) in [6.45, 7) is 0. The fourth-order valence-electron chi connectivity index (χ4n) is 2.25. The van der Waals surface area contributed by atoms with E-state index < -0.39 is 11.8 Å². The Kier molecular flexibility index (Phi) is 4.77. The molecule has 0 fully saturated rings. The molecule has 0 saturated heterocycles. The topological polar surface area (TPSA) is 58.6 Å². The monoisotopic (exact) mass is 454 g/mol. The van der Waals surface area contributed by atoms with Crippen LogP contribution in [0.1, 0.15) is 0 Å². The smallest absolute Gasteiger partial charge is 0.283 e. The van der Waals surface area contributed by atoms with Gasteiger partial charge in [0, 0.05) is 9.26 Å². The molecule has 1 aliphatic rings. The van der Waals surface area contributed by atoms with Crippen molar-refractivity contribution >= 4 is 57.4 Å². The summed E-state index contributed by atoms with van der Waals surface area (Å²) in [6.07, 6.45) is 0. The molecule has 122 valence electrons. The number of halogens is 2. The van der Waals surface area contributed by atoms with Crippen LogP contribution in [0, 0.1) is 3.57 Å². The first kappa shape index (κ1) is 16.8. The second-order valence-electron chi connectivity index (χ2n) is 4.96. The molecular weight excluding hydrogens is 443 g/mol. The van der Waals surface area contributed by atoms with Gasteiger partial charge < -0.3 is 10.1 Å². The third-order valence-corrected chi connectivity index (χ3v) is 4.54. The van der Waals surface area contributed by atoms with Crippen LogP contribution in [-0.4, -0.2) is 18.9 Å². The lowest BCUT2D eigenvalue weighted by Crippen LogP contribution is -2.32. The normalized spacial score (nSPS) is 14.4. The number of carbonyl (C=O) groups excluding carboxylic acids is 2. The van der Waals surface area contributed by atoms with Gasteiger partial charge in [-0.15, -0.1) is 0 Å². The maximum absolute atomic E-state index is 12.6. The van der Waals surface area contributed by atoms with E-state index >= 15 is 0 Å². The summed E-state index contributed by atoms with van der Waals surface area (Å²) in [5.74, 6) is -0.337. The Bertz CT molecular complexity index is 832. The molecule has 0 unspecified atom stereocenters. The summed E-state index contributed by atoms with van der Waals surface area (Å²) in [6, 6.07) is 14.0. The number of nitrogens with one attached hydrogen (secondary N) is 1. The Morgan fingerprint density at radius 2 is 1.62 bits per heavy atom. The maximum atomic E-state index is 12.6. The highest BCUT2D eigenvalue weighted by Crippen LogP contribution is 2.30. The van der Waals surface area contributed by atoms with Crippen molar-refractivity contribution in [2.75, 3.05) is 17.3 Å². The zero-order chi connectivity index (χ0) is 17.3. The summed E-state index contributed by atoms with van der Waals surface area (Å²) in [5, 5.41) is 2.78. The van der Waals surface area contributed by atoms with Gasteiger partial charge in [-0.25, -0.2) is 4.90 Å². The molecule has 0 aliphatic carbocycles. The Hall–Kier alpha value is -2.06. The first-order valence-electron chi connectivity index (χ1n) is 6.96. The predicted molar refractivity (Wildman–Crippen MR) is 101 cm³/mol. The number of imide groups is 1. The van der Waals surface area contributed by atoms with Crippen LogP contribution in [0.25, 0.3) is 0 Å². The summed E-state index contributed by atoms with van der Waals surface area (Å²) >= 11 is 8.24. The van der Waals surface area contributed by atoms with Gasteiger partial charge in [0.15, 0.2) is 0 Å². The number of benzene rings is 2. The van der Waals surface area contributed by atoms with Crippen molar-refractivity contribution in [1.29, 1.82) is 0 Å². The van der Waals surface area contributed by atoms with E-state index in [4.69, 9.17) is 16.3 Å². The molecule has 2 amide bonds. The van der Waals surface area contributed by atoms with Gasteiger partial charge in [0.05, 0.1) is 12.8 Å². The first-order chi connectivity index (χ1) is 11.5. The second kappa shape index (κ2) is 6.82. The van der Waals surface area contributed by atoms with Gasteiger partial charge in [-0.1, -0.05) is 11.6 Å². The number of hydrogen-bond donors (Lipinski definition) is 1. The lowest BCUT2D eigenvalue weighted by Gasteiger charge is -2.15. The largest absolute Gasteiger partial charge is 0.497 e. The molecule has 2 aromatic carbocycles. The molecule has 0 bridgehead atoms. The van der Waals surface area contributed by atoms with Crippen molar-refractivity contribution in [3.8, 4) is 5.75 Å². The van der Waals surface area contributed by atoms with E-state index in [0.717, 1.165) is 8.47 Å².